The van der Waals surface area contributed by atoms with Crippen LogP contribution < -0.4 is 5.43 Å². The summed E-state index contributed by atoms with van der Waals surface area (Å²) in [6.07, 6.45) is 5.86. The predicted octanol–water partition coefficient (Wildman–Crippen LogP) is 2.73. The molecule has 8 heteroatoms. The minimum absolute atomic E-state index is 0.149. The van der Waals surface area contributed by atoms with Crippen molar-refractivity contribution in [3.8, 4) is 11.4 Å². The van der Waals surface area contributed by atoms with Crippen LogP contribution >= 0.6 is 0 Å². The van der Waals surface area contributed by atoms with Gasteiger partial charge in [-0.05, 0) is 25.0 Å². The molecule has 3 aromatic heterocycles. The average molecular weight is 339 g/mol. The van der Waals surface area contributed by atoms with Gasteiger partial charge in [0.1, 0.15) is 5.65 Å². The molecule has 0 aliphatic carbocycles. The molecule has 0 aromatic carbocycles. The number of nitro groups is 1. The smallest absolute Gasteiger partial charge is 0.326 e. The Kier molecular flexibility index (Phi) is 4.51. The molecular formula is C17H17N5O3. The number of hydrogen-bond acceptors (Lipinski definition) is 6. The molecule has 0 fully saturated rings. The van der Waals surface area contributed by atoms with Gasteiger partial charge in [0.05, 0.1) is 16.5 Å². The monoisotopic (exact) mass is 339 g/mol. The summed E-state index contributed by atoms with van der Waals surface area (Å²) < 4.78 is 1.64. The van der Waals surface area contributed by atoms with E-state index in [0.29, 0.717) is 18.0 Å². The number of pyridine rings is 2. The molecule has 0 unspecified atom stereocenters. The van der Waals surface area contributed by atoms with Gasteiger partial charge in [0.2, 0.25) is 0 Å². The van der Waals surface area contributed by atoms with Gasteiger partial charge in [-0.15, -0.1) is 0 Å². The van der Waals surface area contributed by atoms with Gasteiger partial charge in [-0.1, -0.05) is 13.8 Å². The molecule has 0 spiro atoms. The van der Waals surface area contributed by atoms with E-state index < -0.39 is 16.0 Å². The molecule has 3 rings (SSSR count). The second kappa shape index (κ2) is 6.76. The zero-order chi connectivity index (χ0) is 18.0. The lowest BCUT2D eigenvalue weighted by Crippen LogP contribution is -2.15. The van der Waals surface area contributed by atoms with Crippen molar-refractivity contribution in [2.75, 3.05) is 0 Å². The molecule has 0 aliphatic rings. The fraction of sp³-hybridized carbons (Fsp3) is 0.294. The number of nitrogens with zero attached hydrogens (tertiary/aromatic N) is 5. The fourth-order valence-electron chi connectivity index (χ4n) is 2.65. The summed E-state index contributed by atoms with van der Waals surface area (Å²) in [5.41, 5.74) is 0.980. The van der Waals surface area contributed by atoms with Gasteiger partial charge in [0.25, 0.3) is 5.43 Å². The maximum absolute atomic E-state index is 12.3. The summed E-state index contributed by atoms with van der Waals surface area (Å²) >= 11 is 0. The Bertz CT molecular complexity index is 1010. The summed E-state index contributed by atoms with van der Waals surface area (Å²) in [7, 11) is 0. The molecular weight excluding hydrogens is 322 g/mol. The summed E-state index contributed by atoms with van der Waals surface area (Å²) in [6.45, 7) is 4.48. The lowest BCUT2D eigenvalue weighted by molar-refractivity contribution is -0.386. The Balaban J connectivity index is 2.25. The highest BCUT2D eigenvalue weighted by atomic mass is 16.6. The molecule has 8 nitrogen and oxygen atoms in total. The Morgan fingerprint density at radius 3 is 2.76 bits per heavy atom. The van der Waals surface area contributed by atoms with E-state index in [1.165, 1.54) is 12.4 Å². The SMILES string of the molecule is CCCn1cc([N+](=O)[O-])c(=O)c2cnc(-c3ccnc(CC)c3)nc21. The minimum Gasteiger partial charge on any atom is -0.326 e. The van der Waals surface area contributed by atoms with Gasteiger partial charge in [-0.3, -0.25) is 19.9 Å². The molecule has 0 bridgehead atoms. The van der Waals surface area contributed by atoms with E-state index >= 15 is 0 Å². The Labute approximate surface area is 143 Å². The predicted molar refractivity (Wildman–Crippen MR) is 93.4 cm³/mol. The minimum atomic E-state index is -0.668. The van der Waals surface area contributed by atoms with Gasteiger partial charge < -0.3 is 4.57 Å². The van der Waals surface area contributed by atoms with Crippen molar-refractivity contribution in [2.24, 2.45) is 0 Å². The molecule has 3 heterocycles. The Morgan fingerprint density at radius 1 is 1.28 bits per heavy atom. The van der Waals surface area contributed by atoms with Crippen LogP contribution in [0.15, 0.2) is 35.5 Å². The van der Waals surface area contributed by atoms with E-state index in [-0.39, 0.29) is 5.39 Å². The molecule has 25 heavy (non-hydrogen) atoms. The third-order valence-corrected chi connectivity index (χ3v) is 3.89. The van der Waals surface area contributed by atoms with E-state index in [9.17, 15) is 14.9 Å². The lowest BCUT2D eigenvalue weighted by atomic mass is 10.2. The largest absolute Gasteiger partial charge is 0.333 e. The lowest BCUT2D eigenvalue weighted by Gasteiger charge is -2.10. The second-order valence-corrected chi connectivity index (χ2v) is 5.61. The van der Waals surface area contributed by atoms with E-state index in [4.69, 9.17) is 0 Å². The highest BCUT2D eigenvalue weighted by Crippen LogP contribution is 2.20. The quantitative estimate of drug-likeness (QED) is 0.523. The van der Waals surface area contributed by atoms with Crippen molar-refractivity contribution < 1.29 is 4.92 Å². The third kappa shape index (κ3) is 3.10. The first-order chi connectivity index (χ1) is 12.0. The summed E-state index contributed by atoms with van der Waals surface area (Å²) in [5.74, 6) is 0.461. The number of hydrogen-bond donors (Lipinski definition) is 0. The average Bonchev–Trinajstić information content (AvgIpc) is 2.63. The topological polar surface area (TPSA) is 104 Å². The highest BCUT2D eigenvalue weighted by molar-refractivity contribution is 5.78. The Hall–Kier alpha value is -3.16. The van der Waals surface area contributed by atoms with Crippen LogP contribution in [0.25, 0.3) is 22.4 Å². The summed E-state index contributed by atoms with van der Waals surface area (Å²) in [6, 6.07) is 3.70. The van der Waals surface area contributed by atoms with Crippen LogP contribution in [0.5, 0.6) is 0 Å². The first kappa shape index (κ1) is 16.7. The zero-order valence-corrected chi connectivity index (χ0v) is 14.0. The molecule has 0 amide bonds. The Morgan fingerprint density at radius 2 is 2.08 bits per heavy atom. The van der Waals surface area contributed by atoms with E-state index in [1.807, 2.05) is 19.9 Å². The first-order valence-corrected chi connectivity index (χ1v) is 8.05. The number of aromatic nitrogens is 4. The van der Waals surface area contributed by atoms with E-state index in [0.717, 1.165) is 24.1 Å². The molecule has 128 valence electrons. The number of rotatable bonds is 5. The van der Waals surface area contributed by atoms with Gasteiger partial charge in [0.15, 0.2) is 5.82 Å². The van der Waals surface area contributed by atoms with Crippen LogP contribution in [-0.2, 0) is 13.0 Å². The van der Waals surface area contributed by atoms with Crippen molar-refractivity contribution in [3.63, 3.8) is 0 Å². The van der Waals surface area contributed by atoms with Crippen LogP contribution in [0.4, 0.5) is 5.69 Å². The van der Waals surface area contributed by atoms with Crippen molar-refractivity contribution in [1.29, 1.82) is 0 Å². The maximum Gasteiger partial charge on any atom is 0.333 e. The molecule has 0 aliphatic heterocycles. The highest BCUT2D eigenvalue weighted by Gasteiger charge is 2.19. The second-order valence-electron chi connectivity index (χ2n) is 5.61. The summed E-state index contributed by atoms with van der Waals surface area (Å²) in [4.78, 5) is 35.8. The van der Waals surface area contributed by atoms with Crippen LogP contribution in [0.1, 0.15) is 26.0 Å². The third-order valence-electron chi connectivity index (χ3n) is 3.89. The molecule has 0 saturated carbocycles. The van der Waals surface area contributed by atoms with Gasteiger partial charge in [0, 0.05) is 30.2 Å². The zero-order valence-electron chi connectivity index (χ0n) is 14.0. The van der Waals surface area contributed by atoms with Crippen LogP contribution in [-0.4, -0.2) is 24.4 Å². The van der Waals surface area contributed by atoms with Gasteiger partial charge >= 0.3 is 5.69 Å². The number of fused-ring (bicyclic) bond motifs is 1. The molecule has 0 atom stereocenters. The van der Waals surface area contributed by atoms with Crippen LogP contribution in [0.3, 0.4) is 0 Å². The van der Waals surface area contributed by atoms with Gasteiger partial charge in [-0.25, -0.2) is 9.97 Å². The standard InChI is InChI=1S/C17H17N5O3/c1-3-7-21-10-14(22(24)25)15(23)13-9-19-16(20-17(13)21)11-5-6-18-12(4-2)8-11/h5-6,8-10H,3-4,7H2,1-2H3. The summed E-state index contributed by atoms with van der Waals surface area (Å²) in [5, 5.41) is 11.3. The maximum atomic E-state index is 12.3. The van der Waals surface area contributed by atoms with E-state index in [1.54, 1.807) is 16.8 Å². The van der Waals surface area contributed by atoms with Crippen molar-refractivity contribution in [1.82, 2.24) is 19.5 Å². The van der Waals surface area contributed by atoms with Gasteiger partial charge in [-0.2, -0.15) is 0 Å². The van der Waals surface area contributed by atoms with E-state index in [2.05, 4.69) is 15.0 Å². The van der Waals surface area contributed by atoms with Crippen molar-refractivity contribution in [3.05, 3.63) is 56.8 Å². The van der Waals surface area contributed by atoms with Crippen LogP contribution in [0.2, 0.25) is 0 Å². The molecule has 0 N–H and O–H groups in total. The van der Waals surface area contributed by atoms with Crippen LogP contribution in [0, 0.1) is 10.1 Å². The molecule has 0 radical (unpaired) electrons. The molecule has 0 saturated heterocycles. The van der Waals surface area contributed by atoms with Crippen molar-refractivity contribution in [2.45, 2.75) is 33.2 Å². The number of aryl methyl sites for hydroxylation is 2. The normalized spacial score (nSPS) is 11.0. The molecule has 3 aromatic rings. The first-order valence-electron chi connectivity index (χ1n) is 8.05. The van der Waals surface area contributed by atoms with Crippen molar-refractivity contribution >= 4 is 16.7 Å². The fourth-order valence-corrected chi connectivity index (χ4v) is 2.65.